The molecule has 0 unspecified atom stereocenters. The Morgan fingerprint density at radius 1 is 1.42 bits per heavy atom. The van der Waals surface area contributed by atoms with Crippen LogP contribution in [0.5, 0.6) is 0 Å². The van der Waals surface area contributed by atoms with Gasteiger partial charge in [-0.3, -0.25) is 0 Å². The number of nitrogens with zero attached hydrogens (tertiary/aromatic N) is 4. The summed E-state index contributed by atoms with van der Waals surface area (Å²) in [6, 6.07) is 1.70. The normalized spacial score (nSPS) is 10.6. The van der Waals surface area contributed by atoms with E-state index in [4.69, 9.17) is 16.3 Å². The van der Waals surface area contributed by atoms with Gasteiger partial charge in [0.1, 0.15) is 17.6 Å². The zero-order valence-corrected chi connectivity index (χ0v) is 11.5. The molecule has 0 saturated heterocycles. The summed E-state index contributed by atoms with van der Waals surface area (Å²) in [5.74, 6) is 1.29. The SMILES string of the molecule is CCOCc1nc(Cl)cc(NCCn2ccnc2)n1. The first-order chi connectivity index (χ1) is 9.28. The molecule has 0 saturated carbocycles. The summed E-state index contributed by atoms with van der Waals surface area (Å²) in [7, 11) is 0. The fourth-order valence-corrected chi connectivity index (χ4v) is 1.75. The Bertz CT molecular complexity index is 503. The molecule has 0 aliphatic carbocycles. The molecule has 6 nitrogen and oxygen atoms in total. The van der Waals surface area contributed by atoms with Gasteiger partial charge in [-0.1, -0.05) is 11.6 Å². The lowest BCUT2D eigenvalue weighted by Gasteiger charge is -2.08. The number of rotatable bonds is 7. The summed E-state index contributed by atoms with van der Waals surface area (Å²) in [5, 5.41) is 3.61. The Kier molecular flexibility index (Phi) is 5.11. The van der Waals surface area contributed by atoms with Crippen molar-refractivity contribution >= 4 is 17.4 Å². The van der Waals surface area contributed by atoms with E-state index in [1.165, 1.54) is 0 Å². The predicted octanol–water partition coefficient (Wildman–Crippen LogP) is 1.98. The zero-order valence-electron chi connectivity index (χ0n) is 10.7. The van der Waals surface area contributed by atoms with Crippen molar-refractivity contribution in [1.29, 1.82) is 0 Å². The van der Waals surface area contributed by atoms with Crippen molar-refractivity contribution in [2.45, 2.75) is 20.1 Å². The predicted molar refractivity (Wildman–Crippen MR) is 73.1 cm³/mol. The number of anilines is 1. The molecule has 0 amide bonds. The fraction of sp³-hybridized carbons (Fsp3) is 0.417. The van der Waals surface area contributed by atoms with Gasteiger partial charge < -0.3 is 14.6 Å². The third-order valence-electron chi connectivity index (χ3n) is 2.41. The van der Waals surface area contributed by atoms with Gasteiger partial charge in [0.25, 0.3) is 0 Å². The van der Waals surface area contributed by atoms with Crippen LogP contribution < -0.4 is 5.32 Å². The molecule has 0 aliphatic rings. The first-order valence-corrected chi connectivity index (χ1v) is 6.46. The second-order valence-electron chi connectivity index (χ2n) is 3.86. The lowest BCUT2D eigenvalue weighted by Crippen LogP contribution is -2.11. The summed E-state index contributed by atoms with van der Waals surface area (Å²) < 4.78 is 7.25. The van der Waals surface area contributed by atoms with Crippen LogP contribution >= 0.6 is 11.6 Å². The van der Waals surface area contributed by atoms with Gasteiger partial charge in [0, 0.05) is 38.2 Å². The van der Waals surface area contributed by atoms with Crippen LogP contribution in [0.15, 0.2) is 24.8 Å². The second kappa shape index (κ2) is 7.06. The molecule has 2 aromatic heterocycles. The average molecular weight is 282 g/mol. The Labute approximate surface area is 116 Å². The van der Waals surface area contributed by atoms with Gasteiger partial charge in [-0.2, -0.15) is 0 Å². The lowest BCUT2D eigenvalue weighted by atomic mass is 10.5. The second-order valence-corrected chi connectivity index (χ2v) is 4.24. The minimum Gasteiger partial charge on any atom is -0.374 e. The molecule has 102 valence electrons. The Balaban J connectivity index is 1.90. The van der Waals surface area contributed by atoms with Crippen molar-refractivity contribution in [2.75, 3.05) is 18.5 Å². The first kappa shape index (κ1) is 13.8. The van der Waals surface area contributed by atoms with Crippen LogP contribution in [0.1, 0.15) is 12.7 Å². The van der Waals surface area contributed by atoms with Crippen LogP contribution in [0.4, 0.5) is 5.82 Å². The molecule has 0 fully saturated rings. The minimum absolute atomic E-state index is 0.368. The first-order valence-electron chi connectivity index (χ1n) is 6.08. The number of halogens is 1. The highest BCUT2D eigenvalue weighted by atomic mass is 35.5. The van der Waals surface area contributed by atoms with E-state index in [2.05, 4.69) is 20.3 Å². The zero-order chi connectivity index (χ0) is 13.5. The van der Waals surface area contributed by atoms with Crippen molar-refractivity contribution < 1.29 is 4.74 Å². The molecule has 0 bridgehead atoms. The Morgan fingerprint density at radius 2 is 2.32 bits per heavy atom. The van der Waals surface area contributed by atoms with Crippen LogP contribution in [0.2, 0.25) is 5.15 Å². The highest BCUT2D eigenvalue weighted by molar-refractivity contribution is 6.29. The molecule has 0 aliphatic heterocycles. The van der Waals surface area contributed by atoms with Crippen molar-refractivity contribution in [3.05, 3.63) is 35.8 Å². The molecule has 0 radical (unpaired) electrons. The number of hydrogen-bond donors (Lipinski definition) is 1. The summed E-state index contributed by atoms with van der Waals surface area (Å²) >= 11 is 5.95. The van der Waals surface area contributed by atoms with Crippen molar-refractivity contribution in [3.63, 3.8) is 0 Å². The third kappa shape index (κ3) is 4.50. The maximum absolute atomic E-state index is 5.95. The van der Waals surface area contributed by atoms with Crippen molar-refractivity contribution in [2.24, 2.45) is 0 Å². The van der Waals surface area contributed by atoms with Gasteiger partial charge in [-0.05, 0) is 6.92 Å². The van der Waals surface area contributed by atoms with E-state index < -0.39 is 0 Å². The maximum atomic E-state index is 5.95. The molecule has 2 rings (SSSR count). The number of imidazole rings is 1. The molecule has 0 spiro atoms. The van der Waals surface area contributed by atoms with Crippen LogP contribution in [0, 0.1) is 0 Å². The van der Waals surface area contributed by atoms with Gasteiger partial charge in [0.15, 0.2) is 5.82 Å². The topological polar surface area (TPSA) is 64.9 Å². The van der Waals surface area contributed by atoms with E-state index in [-0.39, 0.29) is 0 Å². The van der Waals surface area contributed by atoms with E-state index in [9.17, 15) is 0 Å². The fourth-order valence-electron chi connectivity index (χ4n) is 1.55. The minimum atomic E-state index is 0.368. The number of nitrogens with one attached hydrogen (secondary N) is 1. The Morgan fingerprint density at radius 3 is 3.05 bits per heavy atom. The van der Waals surface area contributed by atoms with Crippen LogP contribution in [-0.2, 0) is 17.9 Å². The number of ether oxygens (including phenoxy) is 1. The van der Waals surface area contributed by atoms with E-state index >= 15 is 0 Å². The molecule has 0 aromatic carbocycles. The monoisotopic (exact) mass is 281 g/mol. The molecule has 7 heteroatoms. The van der Waals surface area contributed by atoms with Crippen molar-refractivity contribution in [3.8, 4) is 0 Å². The summed E-state index contributed by atoms with van der Waals surface area (Å²) in [6.07, 6.45) is 5.44. The summed E-state index contributed by atoms with van der Waals surface area (Å²) in [6.45, 7) is 4.46. The Hall–Kier alpha value is -1.66. The molecular formula is C12H16ClN5O. The molecule has 0 atom stereocenters. The summed E-state index contributed by atoms with van der Waals surface area (Å²) in [4.78, 5) is 12.4. The van der Waals surface area contributed by atoms with E-state index in [1.807, 2.05) is 17.7 Å². The van der Waals surface area contributed by atoms with Crippen LogP contribution in [-0.4, -0.2) is 32.7 Å². The van der Waals surface area contributed by atoms with Gasteiger partial charge in [-0.15, -0.1) is 0 Å². The maximum Gasteiger partial charge on any atom is 0.158 e. The number of aromatic nitrogens is 4. The average Bonchev–Trinajstić information content (AvgIpc) is 2.89. The smallest absolute Gasteiger partial charge is 0.158 e. The lowest BCUT2D eigenvalue weighted by molar-refractivity contribution is 0.128. The molecule has 2 aromatic rings. The third-order valence-corrected chi connectivity index (χ3v) is 2.61. The molecule has 19 heavy (non-hydrogen) atoms. The van der Waals surface area contributed by atoms with E-state index in [0.717, 1.165) is 13.1 Å². The van der Waals surface area contributed by atoms with Gasteiger partial charge in [0.05, 0.1) is 6.33 Å². The highest BCUT2D eigenvalue weighted by Gasteiger charge is 2.03. The van der Waals surface area contributed by atoms with Gasteiger partial charge in [-0.25, -0.2) is 15.0 Å². The van der Waals surface area contributed by atoms with E-state index in [0.29, 0.717) is 30.0 Å². The van der Waals surface area contributed by atoms with Crippen LogP contribution in [0.3, 0.4) is 0 Å². The molecule has 2 heterocycles. The van der Waals surface area contributed by atoms with Gasteiger partial charge >= 0.3 is 0 Å². The largest absolute Gasteiger partial charge is 0.374 e. The van der Waals surface area contributed by atoms with Crippen molar-refractivity contribution in [1.82, 2.24) is 19.5 Å². The van der Waals surface area contributed by atoms with Crippen LogP contribution in [0.25, 0.3) is 0 Å². The number of hydrogen-bond acceptors (Lipinski definition) is 5. The summed E-state index contributed by atoms with van der Waals surface area (Å²) in [5.41, 5.74) is 0. The standard InChI is InChI=1S/C12H16ClN5O/c1-2-19-8-12-16-10(13)7-11(17-12)15-4-6-18-5-3-14-9-18/h3,5,7,9H,2,4,6,8H2,1H3,(H,15,16,17). The van der Waals surface area contributed by atoms with E-state index in [1.54, 1.807) is 18.6 Å². The molecular weight excluding hydrogens is 266 g/mol. The quantitative estimate of drug-likeness (QED) is 0.786. The highest BCUT2D eigenvalue weighted by Crippen LogP contribution is 2.12. The van der Waals surface area contributed by atoms with Gasteiger partial charge in [0.2, 0.25) is 0 Å². The molecule has 1 N–H and O–H groups in total.